The number of nitrogens with zero attached hydrogens (tertiary/aromatic N) is 2. The number of nitrogens with one attached hydrogen (secondary N) is 1. The molecule has 0 saturated carbocycles. The van der Waals surface area contributed by atoms with Gasteiger partial charge < -0.3 is 4.98 Å². The predicted octanol–water partition coefficient (Wildman–Crippen LogP) is 4.47. The number of benzene rings is 1. The van der Waals surface area contributed by atoms with Crippen molar-refractivity contribution >= 4 is 28.2 Å². The monoisotopic (exact) mass is 339 g/mol. The van der Waals surface area contributed by atoms with E-state index in [9.17, 15) is 4.79 Å². The number of thiophene rings is 1. The standard InChI is InChI=1S/C19H21N3OS/c1-12-5-6-15-16(8-12)21-19(20-15)17-4-3-7-22(17)10-14-9-18(13(2)23)24-11-14/h5-6,8-9,11,17H,3-4,7,10H2,1-2H3,(H,20,21)/t17-/m0/s1. The van der Waals surface area contributed by atoms with Crippen LogP contribution in [0.15, 0.2) is 29.6 Å². The van der Waals surface area contributed by atoms with Gasteiger partial charge in [0.2, 0.25) is 0 Å². The number of hydrogen-bond donors (Lipinski definition) is 1. The number of hydrogen-bond acceptors (Lipinski definition) is 4. The van der Waals surface area contributed by atoms with Crippen LogP contribution in [0.2, 0.25) is 0 Å². The van der Waals surface area contributed by atoms with Crippen molar-refractivity contribution in [1.82, 2.24) is 14.9 Å². The Morgan fingerprint density at radius 1 is 1.42 bits per heavy atom. The Balaban J connectivity index is 1.57. The first-order valence-corrected chi connectivity index (χ1v) is 9.27. The van der Waals surface area contributed by atoms with Crippen molar-refractivity contribution in [1.29, 1.82) is 0 Å². The summed E-state index contributed by atoms with van der Waals surface area (Å²) in [5, 5.41) is 2.11. The number of imidazole rings is 1. The number of Topliss-reactive ketones (excluding diaryl/α,β-unsaturated/α-hetero) is 1. The molecule has 3 aromatic rings. The largest absolute Gasteiger partial charge is 0.341 e. The molecule has 4 nitrogen and oxygen atoms in total. The normalized spacial score (nSPS) is 18.5. The lowest BCUT2D eigenvalue weighted by atomic mass is 10.2. The minimum absolute atomic E-state index is 0.150. The van der Waals surface area contributed by atoms with E-state index < -0.39 is 0 Å². The lowest BCUT2D eigenvalue weighted by Gasteiger charge is -2.22. The van der Waals surface area contributed by atoms with E-state index in [1.807, 2.05) is 6.07 Å². The molecule has 0 spiro atoms. The number of carbonyl (C=O) groups excluding carboxylic acids is 1. The van der Waals surface area contributed by atoms with Crippen LogP contribution in [0.4, 0.5) is 0 Å². The van der Waals surface area contributed by atoms with Gasteiger partial charge in [-0.2, -0.15) is 0 Å². The van der Waals surface area contributed by atoms with Gasteiger partial charge in [-0.05, 0) is 67.9 Å². The maximum Gasteiger partial charge on any atom is 0.169 e. The van der Waals surface area contributed by atoms with E-state index in [1.165, 1.54) is 17.5 Å². The van der Waals surface area contributed by atoms with Crippen LogP contribution in [-0.2, 0) is 6.54 Å². The smallest absolute Gasteiger partial charge is 0.169 e. The number of rotatable bonds is 4. The summed E-state index contributed by atoms with van der Waals surface area (Å²) in [5.41, 5.74) is 4.63. The molecule has 1 aliphatic rings. The average molecular weight is 339 g/mol. The number of aromatic nitrogens is 2. The fourth-order valence-corrected chi connectivity index (χ4v) is 4.31. The van der Waals surface area contributed by atoms with Crippen molar-refractivity contribution in [3.8, 4) is 0 Å². The van der Waals surface area contributed by atoms with E-state index in [4.69, 9.17) is 4.98 Å². The van der Waals surface area contributed by atoms with Gasteiger partial charge in [-0.1, -0.05) is 6.07 Å². The Labute approximate surface area is 145 Å². The van der Waals surface area contributed by atoms with Crippen molar-refractivity contribution in [3.05, 3.63) is 51.5 Å². The summed E-state index contributed by atoms with van der Waals surface area (Å²) in [6, 6.07) is 8.71. The molecule has 1 N–H and O–H groups in total. The minimum Gasteiger partial charge on any atom is -0.341 e. The first-order valence-electron chi connectivity index (χ1n) is 8.39. The lowest BCUT2D eigenvalue weighted by molar-refractivity contribution is 0.102. The van der Waals surface area contributed by atoms with Crippen molar-refractivity contribution in [3.63, 3.8) is 0 Å². The average Bonchev–Trinajstić information content (AvgIpc) is 3.25. The number of fused-ring (bicyclic) bond motifs is 1. The first kappa shape index (κ1) is 15.5. The first-order chi connectivity index (χ1) is 11.6. The molecule has 0 radical (unpaired) electrons. The van der Waals surface area contributed by atoms with Gasteiger partial charge in [0.15, 0.2) is 5.78 Å². The summed E-state index contributed by atoms with van der Waals surface area (Å²) >= 11 is 1.54. The van der Waals surface area contributed by atoms with Crippen molar-refractivity contribution in [2.75, 3.05) is 6.54 Å². The zero-order valence-electron chi connectivity index (χ0n) is 14.0. The highest BCUT2D eigenvalue weighted by Gasteiger charge is 2.28. The number of aryl methyl sites for hydroxylation is 1. The highest BCUT2D eigenvalue weighted by atomic mass is 32.1. The molecule has 2 aromatic heterocycles. The van der Waals surface area contributed by atoms with Gasteiger partial charge in [0, 0.05) is 6.54 Å². The second-order valence-electron chi connectivity index (χ2n) is 6.65. The number of aromatic amines is 1. The topological polar surface area (TPSA) is 49.0 Å². The fraction of sp³-hybridized carbons (Fsp3) is 0.368. The molecular weight excluding hydrogens is 318 g/mol. The van der Waals surface area contributed by atoms with E-state index in [1.54, 1.807) is 18.3 Å². The van der Waals surface area contributed by atoms with Crippen molar-refractivity contribution in [2.45, 2.75) is 39.3 Å². The van der Waals surface area contributed by atoms with Gasteiger partial charge in [-0.15, -0.1) is 11.3 Å². The van der Waals surface area contributed by atoms with E-state index in [0.29, 0.717) is 6.04 Å². The van der Waals surface area contributed by atoms with Crippen LogP contribution < -0.4 is 0 Å². The molecule has 1 saturated heterocycles. The van der Waals surface area contributed by atoms with Gasteiger partial charge in [-0.3, -0.25) is 9.69 Å². The molecule has 5 heteroatoms. The second-order valence-corrected chi connectivity index (χ2v) is 7.56. The third-order valence-electron chi connectivity index (χ3n) is 4.72. The SMILES string of the molecule is CC(=O)c1cc(CN2CCC[C@H]2c2nc3ccc(C)cc3[nH]2)cs1. The molecular formula is C19H21N3OS. The van der Waals surface area contributed by atoms with E-state index in [0.717, 1.165) is 41.2 Å². The summed E-state index contributed by atoms with van der Waals surface area (Å²) in [7, 11) is 0. The molecule has 1 aliphatic heterocycles. The Hall–Kier alpha value is -1.98. The van der Waals surface area contributed by atoms with Gasteiger partial charge in [-0.25, -0.2) is 4.98 Å². The quantitative estimate of drug-likeness (QED) is 0.713. The molecule has 124 valence electrons. The lowest BCUT2D eigenvalue weighted by Crippen LogP contribution is -2.23. The highest BCUT2D eigenvalue weighted by molar-refractivity contribution is 7.12. The van der Waals surface area contributed by atoms with Crippen LogP contribution in [0.5, 0.6) is 0 Å². The fourth-order valence-electron chi connectivity index (χ4n) is 3.50. The third-order valence-corrected chi connectivity index (χ3v) is 5.80. The van der Waals surface area contributed by atoms with Crippen LogP contribution in [0.1, 0.15) is 52.4 Å². The molecule has 0 amide bonds. The zero-order chi connectivity index (χ0) is 16.7. The molecule has 1 atom stereocenters. The maximum atomic E-state index is 11.5. The highest BCUT2D eigenvalue weighted by Crippen LogP contribution is 2.33. The van der Waals surface area contributed by atoms with Crippen molar-refractivity contribution in [2.24, 2.45) is 0 Å². The van der Waals surface area contributed by atoms with Crippen LogP contribution in [-0.4, -0.2) is 27.2 Å². The molecule has 3 heterocycles. The van der Waals surface area contributed by atoms with E-state index in [2.05, 4.69) is 40.4 Å². The summed E-state index contributed by atoms with van der Waals surface area (Å²) in [4.78, 5) is 23.1. The summed E-state index contributed by atoms with van der Waals surface area (Å²) < 4.78 is 0. The van der Waals surface area contributed by atoms with Gasteiger partial charge in [0.1, 0.15) is 5.82 Å². The molecule has 1 fully saturated rings. The van der Waals surface area contributed by atoms with Gasteiger partial charge in [0.05, 0.1) is 22.0 Å². The zero-order valence-corrected chi connectivity index (χ0v) is 14.8. The minimum atomic E-state index is 0.150. The van der Waals surface area contributed by atoms with Gasteiger partial charge >= 0.3 is 0 Å². The molecule has 4 rings (SSSR count). The molecule has 1 aromatic carbocycles. The van der Waals surface area contributed by atoms with Crippen LogP contribution in [0, 0.1) is 6.92 Å². The Bertz CT molecular complexity index is 895. The van der Waals surface area contributed by atoms with Crippen LogP contribution in [0.3, 0.4) is 0 Å². The van der Waals surface area contributed by atoms with E-state index in [-0.39, 0.29) is 5.78 Å². The summed E-state index contributed by atoms with van der Waals surface area (Å²) in [6.45, 7) is 5.69. The number of H-pyrrole nitrogens is 1. The number of ketones is 1. The molecule has 0 unspecified atom stereocenters. The maximum absolute atomic E-state index is 11.5. The molecule has 24 heavy (non-hydrogen) atoms. The van der Waals surface area contributed by atoms with Crippen LogP contribution in [0.25, 0.3) is 11.0 Å². The summed E-state index contributed by atoms with van der Waals surface area (Å²) in [6.07, 6.45) is 2.31. The Morgan fingerprint density at radius 2 is 2.29 bits per heavy atom. The Kier molecular flexibility index (Phi) is 3.98. The summed E-state index contributed by atoms with van der Waals surface area (Å²) in [5.74, 6) is 1.21. The number of likely N-dealkylation sites (tertiary alicyclic amines) is 1. The van der Waals surface area contributed by atoms with E-state index >= 15 is 0 Å². The second kappa shape index (κ2) is 6.15. The Morgan fingerprint density at radius 3 is 3.08 bits per heavy atom. The molecule has 0 aliphatic carbocycles. The van der Waals surface area contributed by atoms with Crippen molar-refractivity contribution < 1.29 is 4.79 Å². The predicted molar refractivity (Wildman–Crippen MR) is 97.5 cm³/mol. The van der Waals surface area contributed by atoms with Crippen LogP contribution >= 0.6 is 11.3 Å². The van der Waals surface area contributed by atoms with Gasteiger partial charge in [0.25, 0.3) is 0 Å². The number of carbonyl (C=O) groups is 1. The molecule has 0 bridgehead atoms. The third kappa shape index (κ3) is 2.89.